The van der Waals surface area contributed by atoms with Crippen molar-refractivity contribution < 1.29 is 19.1 Å². The van der Waals surface area contributed by atoms with Gasteiger partial charge in [0.05, 0.1) is 18.6 Å². The van der Waals surface area contributed by atoms with E-state index >= 15 is 0 Å². The molecule has 2 N–H and O–H groups in total. The number of nitriles is 1. The van der Waals surface area contributed by atoms with Crippen LogP contribution in [0.4, 0.5) is 5.69 Å². The Morgan fingerprint density at radius 3 is 2.67 bits per heavy atom. The number of aromatic nitrogens is 1. The predicted molar refractivity (Wildman–Crippen MR) is 147 cm³/mol. The van der Waals surface area contributed by atoms with Crippen molar-refractivity contribution in [1.82, 2.24) is 14.8 Å². The third-order valence-electron chi connectivity index (χ3n) is 7.87. The van der Waals surface area contributed by atoms with Crippen LogP contribution >= 0.6 is 0 Å². The summed E-state index contributed by atoms with van der Waals surface area (Å²) in [7, 11) is 3.19. The molecule has 0 radical (unpaired) electrons. The first-order chi connectivity index (χ1) is 18.5. The van der Waals surface area contributed by atoms with Crippen molar-refractivity contribution in [1.29, 1.82) is 5.26 Å². The molecule has 3 atom stereocenters. The number of fused-ring (bicyclic) bond motifs is 3. The molecule has 1 spiro atoms. The van der Waals surface area contributed by atoms with Crippen LogP contribution in [0.25, 0.3) is 10.9 Å². The molecule has 2 aliphatic rings. The zero-order valence-electron chi connectivity index (χ0n) is 22.9. The number of carbonyl (C=O) groups excluding carboxylic acids is 3. The lowest BCUT2D eigenvalue weighted by Gasteiger charge is -2.35. The summed E-state index contributed by atoms with van der Waals surface area (Å²) < 4.78 is 5.43. The van der Waals surface area contributed by atoms with Gasteiger partial charge in [-0.1, -0.05) is 45.0 Å². The maximum Gasteiger partial charge on any atom is 0.270 e. The highest BCUT2D eigenvalue weighted by Crippen LogP contribution is 2.46. The highest BCUT2D eigenvalue weighted by Gasteiger charge is 2.56. The number of likely N-dealkylation sites (tertiary alicyclic amines) is 1. The first-order valence-electron chi connectivity index (χ1n) is 13.0. The minimum Gasteiger partial charge on any atom is -0.496 e. The maximum absolute atomic E-state index is 14.2. The lowest BCUT2D eigenvalue weighted by molar-refractivity contribution is -0.137. The summed E-state index contributed by atoms with van der Waals surface area (Å²) in [6.45, 7) is 6.10. The highest BCUT2D eigenvalue weighted by molar-refractivity contribution is 6.07. The van der Waals surface area contributed by atoms with E-state index in [1.165, 1.54) is 9.80 Å². The van der Waals surface area contributed by atoms with E-state index in [0.29, 0.717) is 23.6 Å². The molecule has 0 saturated carbocycles. The molecule has 9 heteroatoms. The Morgan fingerprint density at radius 1 is 1.23 bits per heavy atom. The number of nitrogens with one attached hydrogen (secondary N) is 2. The van der Waals surface area contributed by atoms with Crippen molar-refractivity contribution in [2.45, 2.75) is 51.1 Å². The summed E-state index contributed by atoms with van der Waals surface area (Å²) in [5.74, 6) is -0.248. The van der Waals surface area contributed by atoms with Crippen LogP contribution in [0.3, 0.4) is 0 Å². The third-order valence-corrected chi connectivity index (χ3v) is 7.87. The zero-order valence-corrected chi connectivity index (χ0v) is 22.9. The van der Waals surface area contributed by atoms with Crippen LogP contribution in [0.1, 0.15) is 49.7 Å². The number of carbonyl (C=O) groups is 3. The fraction of sp³-hybridized carbons (Fsp3) is 0.400. The number of hydrogen-bond acceptors (Lipinski definition) is 5. The molecular weight excluding hydrogens is 494 g/mol. The fourth-order valence-corrected chi connectivity index (χ4v) is 5.90. The van der Waals surface area contributed by atoms with Gasteiger partial charge in [-0.2, -0.15) is 5.26 Å². The first-order valence-corrected chi connectivity index (χ1v) is 13.0. The number of amides is 3. The smallest absolute Gasteiger partial charge is 0.270 e. The van der Waals surface area contributed by atoms with Crippen molar-refractivity contribution >= 4 is 34.3 Å². The summed E-state index contributed by atoms with van der Waals surface area (Å²) in [4.78, 5) is 47.3. The van der Waals surface area contributed by atoms with E-state index in [4.69, 9.17) is 4.74 Å². The fourth-order valence-electron chi connectivity index (χ4n) is 5.90. The van der Waals surface area contributed by atoms with E-state index in [2.05, 4.69) is 16.4 Å². The molecular formula is C30H33N5O4. The Balaban J connectivity index is 1.48. The average Bonchev–Trinajstić information content (AvgIpc) is 3.60. The molecule has 1 unspecified atom stereocenters. The molecule has 39 heavy (non-hydrogen) atoms. The molecule has 3 heterocycles. The summed E-state index contributed by atoms with van der Waals surface area (Å²) in [5.41, 5.74) is 1.31. The molecule has 2 aliphatic heterocycles. The maximum atomic E-state index is 14.2. The Hall–Kier alpha value is -4.32. The molecule has 5 rings (SSSR count). The first kappa shape index (κ1) is 26.3. The van der Waals surface area contributed by atoms with Crippen LogP contribution < -0.4 is 10.1 Å². The van der Waals surface area contributed by atoms with Crippen molar-refractivity contribution in [3.63, 3.8) is 0 Å². The molecule has 3 amide bonds. The van der Waals surface area contributed by atoms with Gasteiger partial charge >= 0.3 is 0 Å². The minimum absolute atomic E-state index is 0.0825. The van der Waals surface area contributed by atoms with Gasteiger partial charge in [-0.3, -0.25) is 14.4 Å². The molecule has 9 nitrogen and oxygen atoms in total. The number of hydrogen-bond donors (Lipinski definition) is 2. The second-order valence-corrected chi connectivity index (χ2v) is 11.7. The average molecular weight is 528 g/mol. The quantitative estimate of drug-likeness (QED) is 0.519. The van der Waals surface area contributed by atoms with Crippen LogP contribution in [-0.4, -0.2) is 65.3 Å². The summed E-state index contributed by atoms with van der Waals surface area (Å²) in [6.07, 6.45) is 0.585. The molecule has 3 aromatic rings. The lowest BCUT2D eigenvalue weighted by Crippen LogP contribution is -2.52. The van der Waals surface area contributed by atoms with E-state index in [-0.39, 0.29) is 36.1 Å². The van der Waals surface area contributed by atoms with Gasteiger partial charge in [-0.15, -0.1) is 0 Å². The number of benzene rings is 2. The van der Waals surface area contributed by atoms with E-state index in [9.17, 15) is 19.6 Å². The second kappa shape index (κ2) is 9.45. The molecule has 1 fully saturated rings. The topological polar surface area (TPSA) is 119 Å². The molecule has 0 aliphatic carbocycles. The van der Waals surface area contributed by atoms with Crippen molar-refractivity contribution in [2.24, 2.45) is 5.41 Å². The zero-order chi connectivity index (χ0) is 28.1. The number of anilines is 1. The van der Waals surface area contributed by atoms with Gasteiger partial charge in [0.1, 0.15) is 23.5 Å². The summed E-state index contributed by atoms with van der Waals surface area (Å²) in [5, 5.41) is 13.8. The van der Waals surface area contributed by atoms with E-state index in [1.807, 2.05) is 63.2 Å². The second-order valence-electron chi connectivity index (χ2n) is 11.7. The van der Waals surface area contributed by atoms with Crippen molar-refractivity contribution in [2.75, 3.05) is 26.0 Å². The Morgan fingerprint density at radius 2 is 1.97 bits per heavy atom. The summed E-state index contributed by atoms with van der Waals surface area (Å²) in [6, 6.07) is 15.3. The number of nitrogens with zero attached hydrogens (tertiary/aromatic N) is 3. The standard InChI is InChI=1S/C30H33N5O4/c1-29(2,3)15-24(34(4)26(36)23-13-19-21(32-23)11-8-12-25(19)39-5)27(37)35-17-30(14-18(35)16-31)20-9-6-7-10-22(20)33-28(30)38/h6-13,18,24,32H,14-15,17H2,1-5H3,(H,33,38)/t18-,24?,30-/m0/s1. The Bertz CT molecular complexity index is 1510. The van der Waals surface area contributed by atoms with Crippen LogP contribution in [0.2, 0.25) is 0 Å². The van der Waals surface area contributed by atoms with E-state index < -0.39 is 17.5 Å². The predicted octanol–water partition coefficient (Wildman–Crippen LogP) is 4.07. The van der Waals surface area contributed by atoms with Gasteiger partial charge in [0.15, 0.2) is 0 Å². The molecule has 2 aromatic carbocycles. The minimum atomic E-state index is -0.991. The largest absolute Gasteiger partial charge is 0.496 e. The van der Waals surface area contributed by atoms with Crippen LogP contribution in [-0.2, 0) is 15.0 Å². The van der Waals surface area contributed by atoms with Crippen LogP contribution in [0, 0.1) is 16.7 Å². The number of aromatic amines is 1. The highest BCUT2D eigenvalue weighted by atomic mass is 16.5. The van der Waals surface area contributed by atoms with Crippen LogP contribution in [0.15, 0.2) is 48.5 Å². The van der Waals surface area contributed by atoms with Gasteiger partial charge < -0.3 is 24.8 Å². The number of ether oxygens (including phenoxy) is 1. The Kier molecular flexibility index (Phi) is 6.37. The SMILES string of the molecule is COc1cccc2[nH]c(C(=O)N(C)C(CC(C)(C)C)C(=O)N3C[C@]4(C[C@H]3C#N)C(=O)Nc3ccccc34)cc12. The van der Waals surface area contributed by atoms with Gasteiger partial charge in [-0.25, -0.2) is 0 Å². The monoisotopic (exact) mass is 527 g/mol. The molecule has 1 aromatic heterocycles. The number of para-hydroxylation sites is 1. The number of H-pyrrole nitrogens is 1. The van der Waals surface area contributed by atoms with E-state index in [1.54, 1.807) is 20.2 Å². The van der Waals surface area contributed by atoms with Gasteiger partial charge in [0.2, 0.25) is 11.8 Å². The van der Waals surface area contributed by atoms with Crippen molar-refractivity contribution in [3.8, 4) is 11.8 Å². The molecule has 0 bridgehead atoms. The lowest BCUT2D eigenvalue weighted by atomic mass is 9.80. The third kappa shape index (κ3) is 4.40. The van der Waals surface area contributed by atoms with Gasteiger partial charge in [0, 0.05) is 36.6 Å². The van der Waals surface area contributed by atoms with Gasteiger partial charge in [0.25, 0.3) is 5.91 Å². The molecule has 202 valence electrons. The van der Waals surface area contributed by atoms with Gasteiger partial charge in [-0.05, 0) is 41.7 Å². The summed E-state index contributed by atoms with van der Waals surface area (Å²) >= 11 is 0. The molecule has 1 saturated heterocycles. The van der Waals surface area contributed by atoms with Crippen molar-refractivity contribution in [3.05, 3.63) is 59.8 Å². The number of likely N-dealkylation sites (N-methyl/N-ethyl adjacent to an activating group) is 1. The van der Waals surface area contributed by atoms with Crippen LogP contribution in [0.5, 0.6) is 5.75 Å². The number of rotatable bonds is 5. The normalized spacial score (nSPS) is 21.0. The Labute approximate surface area is 227 Å². The van der Waals surface area contributed by atoms with E-state index in [0.717, 1.165) is 16.5 Å². The number of methoxy groups -OCH3 is 1.